The molecule has 0 aliphatic rings. The third-order valence-corrected chi connectivity index (χ3v) is 3.25. The van der Waals surface area contributed by atoms with E-state index in [0.29, 0.717) is 15.9 Å². The molecule has 2 aromatic rings. The highest BCUT2D eigenvalue weighted by Gasteiger charge is 2.10. The number of nitrogens with zero attached hydrogens (tertiary/aromatic N) is 2. The van der Waals surface area contributed by atoms with Crippen molar-refractivity contribution in [3.05, 3.63) is 50.4 Å². The molecule has 0 radical (unpaired) electrons. The summed E-state index contributed by atoms with van der Waals surface area (Å²) in [6, 6.07) is 5.03. The highest BCUT2D eigenvalue weighted by atomic mass is 79.9. The molecule has 2 rings (SSSR count). The van der Waals surface area contributed by atoms with Gasteiger partial charge in [-0.2, -0.15) is 0 Å². The average molecular weight is 391 g/mol. The summed E-state index contributed by atoms with van der Waals surface area (Å²) in [5.74, 6) is -0.295. The highest BCUT2D eigenvalue weighted by Crippen LogP contribution is 2.23. The van der Waals surface area contributed by atoms with Crippen LogP contribution in [-0.4, -0.2) is 15.9 Å². The molecule has 1 amide bonds. The number of anilines is 1. The van der Waals surface area contributed by atoms with Crippen LogP contribution >= 0.6 is 43.5 Å². The second kappa shape index (κ2) is 5.77. The quantitative estimate of drug-likeness (QED) is 0.790. The van der Waals surface area contributed by atoms with Gasteiger partial charge in [-0.05, 0) is 50.1 Å². The van der Waals surface area contributed by atoms with Crippen LogP contribution < -0.4 is 5.32 Å². The summed E-state index contributed by atoms with van der Waals surface area (Å²) in [5, 5.41) is 2.90. The number of pyridine rings is 2. The van der Waals surface area contributed by atoms with E-state index in [1.165, 1.54) is 6.20 Å². The smallest absolute Gasteiger partial charge is 0.257 e. The zero-order valence-electron chi connectivity index (χ0n) is 8.82. The fourth-order valence-electron chi connectivity index (χ4n) is 1.21. The van der Waals surface area contributed by atoms with Crippen molar-refractivity contribution in [1.82, 2.24) is 9.97 Å². The maximum atomic E-state index is 11.9. The summed E-state index contributed by atoms with van der Waals surface area (Å²) in [4.78, 5) is 19.8. The van der Waals surface area contributed by atoms with Gasteiger partial charge in [-0.15, -0.1) is 0 Å². The van der Waals surface area contributed by atoms with Crippen LogP contribution in [0.25, 0.3) is 0 Å². The molecule has 0 unspecified atom stereocenters. The topological polar surface area (TPSA) is 54.9 Å². The van der Waals surface area contributed by atoms with E-state index in [1.807, 2.05) is 0 Å². The molecule has 0 aliphatic carbocycles. The molecule has 0 spiro atoms. The molecule has 0 aliphatic heterocycles. The molecule has 0 aromatic carbocycles. The maximum absolute atomic E-state index is 11.9. The lowest BCUT2D eigenvalue weighted by atomic mass is 10.2. The predicted molar refractivity (Wildman–Crippen MR) is 76.8 cm³/mol. The summed E-state index contributed by atoms with van der Waals surface area (Å²) in [6.07, 6.45) is 3.03. The van der Waals surface area contributed by atoms with E-state index >= 15 is 0 Å². The van der Waals surface area contributed by atoms with E-state index in [0.717, 1.165) is 4.47 Å². The fraction of sp³-hybridized carbons (Fsp3) is 0. The van der Waals surface area contributed by atoms with Crippen molar-refractivity contribution in [3.8, 4) is 0 Å². The van der Waals surface area contributed by atoms with Crippen LogP contribution in [-0.2, 0) is 0 Å². The Kier molecular flexibility index (Phi) is 4.31. The minimum Gasteiger partial charge on any atom is -0.319 e. The van der Waals surface area contributed by atoms with Crippen LogP contribution in [0.15, 0.2) is 39.7 Å². The first kappa shape index (κ1) is 13.5. The number of aromatic nitrogens is 2. The third kappa shape index (κ3) is 3.28. The van der Waals surface area contributed by atoms with E-state index < -0.39 is 0 Å². The molecule has 0 saturated heterocycles. The number of carbonyl (C=O) groups excluding carboxylic acids is 1. The van der Waals surface area contributed by atoms with Crippen LogP contribution in [0.4, 0.5) is 5.69 Å². The predicted octanol–water partition coefficient (Wildman–Crippen LogP) is 3.91. The van der Waals surface area contributed by atoms with E-state index in [4.69, 9.17) is 11.6 Å². The molecule has 0 saturated carbocycles. The standard InChI is InChI=1S/C11H6Br2ClN3O/c12-7-3-8(10(14)16-5-7)17-11(18)6-1-2-9(13)15-4-6/h1-5H,(H,17,18). The molecule has 7 heteroatoms. The molecule has 2 aromatic heterocycles. The van der Waals surface area contributed by atoms with Gasteiger partial charge in [-0.1, -0.05) is 11.6 Å². The molecule has 0 bridgehead atoms. The molecule has 1 N–H and O–H groups in total. The van der Waals surface area contributed by atoms with Gasteiger partial charge < -0.3 is 5.32 Å². The van der Waals surface area contributed by atoms with Crippen LogP contribution in [0, 0.1) is 0 Å². The van der Waals surface area contributed by atoms with E-state index in [9.17, 15) is 4.79 Å². The number of hydrogen-bond acceptors (Lipinski definition) is 3. The number of halogens is 3. The first-order chi connectivity index (χ1) is 8.56. The van der Waals surface area contributed by atoms with E-state index in [2.05, 4.69) is 47.1 Å². The number of carbonyl (C=O) groups is 1. The first-order valence-corrected chi connectivity index (χ1v) is 6.76. The molecule has 0 fully saturated rings. The minimum atomic E-state index is -0.295. The summed E-state index contributed by atoms with van der Waals surface area (Å²) in [5.41, 5.74) is 0.883. The number of amides is 1. The SMILES string of the molecule is O=C(Nc1cc(Br)cnc1Cl)c1ccc(Br)nc1. The van der Waals surface area contributed by atoms with Crippen molar-refractivity contribution in [2.45, 2.75) is 0 Å². The largest absolute Gasteiger partial charge is 0.319 e. The lowest BCUT2D eigenvalue weighted by Crippen LogP contribution is -2.12. The Balaban J connectivity index is 2.21. The van der Waals surface area contributed by atoms with Crippen molar-refractivity contribution in [1.29, 1.82) is 0 Å². The van der Waals surface area contributed by atoms with Crippen LogP contribution in [0.3, 0.4) is 0 Å². The van der Waals surface area contributed by atoms with Gasteiger partial charge in [0.1, 0.15) is 4.60 Å². The zero-order chi connectivity index (χ0) is 13.1. The molecule has 2 heterocycles. The second-order valence-corrected chi connectivity index (χ2v) is 5.40. The molecular formula is C11H6Br2ClN3O. The van der Waals surface area contributed by atoms with Gasteiger partial charge in [0, 0.05) is 16.9 Å². The summed E-state index contributed by atoms with van der Waals surface area (Å²) < 4.78 is 1.40. The zero-order valence-corrected chi connectivity index (χ0v) is 12.8. The van der Waals surface area contributed by atoms with Crippen molar-refractivity contribution in [2.24, 2.45) is 0 Å². The summed E-state index contributed by atoms with van der Waals surface area (Å²) in [6.45, 7) is 0. The van der Waals surface area contributed by atoms with Crippen LogP contribution in [0.1, 0.15) is 10.4 Å². The van der Waals surface area contributed by atoms with Gasteiger partial charge in [-0.25, -0.2) is 9.97 Å². The van der Waals surface area contributed by atoms with Crippen LogP contribution in [0.5, 0.6) is 0 Å². The van der Waals surface area contributed by atoms with Gasteiger partial charge in [0.2, 0.25) is 0 Å². The molecule has 0 atom stereocenters. The lowest BCUT2D eigenvalue weighted by molar-refractivity contribution is 0.102. The Labute approximate surface area is 125 Å². The summed E-state index contributed by atoms with van der Waals surface area (Å²) in [7, 11) is 0. The van der Waals surface area contributed by atoms with E-state index in [-0.39, 0.29) is 11.1 Å². The molecule has 92 valence electrons. The number of nitrogens with one attached hydrogen (secondary N) is 1. The average Bonchev–Trinajstić information content (AvgIpc) is 2.34. The van der Waals surface area contributed by atoms with Crippen LogP contribution in [0.2, 0.25) is 5.15 Å². The minimum absolute atomic E-state index is 0.233. The lowest BCUT2D eigenvalue weighted by Gasteiger charge is -2.06. The van der Waals surface area contributed by atoms with Gasteiger partial charge in [-0.3, -0.25) is 4.79 Å². The molecule has 4 nitrogen and oxygen atoms in total. The second-order valence-electron chi connectivity index (χ2n) is 3.32. The Hall–Kier alpha value is -0.980. The van der Waals surface area contributed by atoms with E-state index in [1.54, 1.807) is 24.4 Å². The third-order valence-electron chi connectivity index (χ3n) is 2.04. The maximum Gasteiger partial charge on any atom is 0.257 e. The van der Waals surface area contributed by atoms with Gasteiger partial charge in [0.25, 0.3) is 5.91 Å². The van der Waals surface area contributed by atoms with Crippen molar-refractivity contribution in [3.63, 3.8) is 0 Å². The van der Waals surface area contributed by atoms with Crippen molar-refractivity contribution in [2.75, 3.05) is 5.32 Å². The van der Waals surface area contributed by atoms with Gasteiger partial charge >= 0.3 is 0 Å². The Morgan fingerprint density at radius 2 is 2.00 bits per heavy atom. The van der Waals surface area contributed by atoms with Crippen molar-refractivity contribution < 1.29 is 4.79 Å². The molecule has 18 heavy (non-hydrogen) atoms. The summed E-state index contributed by atoms with van der Waals surface area (Å²) >= 11 is 12.3. The Bertz CT molecular complexity index is 589. The number of hydrogen-bond donors (Lipinski definition) is 1. The Morgan fingerprint density at radius 1 is 1.22 bits per heavy atom. The Morgan fingerprint density at radius 3 is 2.67 bits per heavy atom. The monoisotopic (exact) mass is 389 g/mol. The molecular weight excluding hydrogens is 385 g/mol. The highest BCUT2D eigenvalue weighted by molar-refractivity contribution is 9.10. The fourth-order valence-corrected chi connectivity index (χ4v) is 1.93. The normalized spacial score (nSPS) is 10.2. The van der Waals surface area contributed by atoms with Crippen molar-refractivity contribution >= 4 is 55.1 Å². The van der Waals surface area contributed by atoms with Gasteiger partial charge in [0.05, 0.1) is 11.3 Å². The number of rotatable bonds is 2. The first-order valence-electron chi connectivity index (χ1n) is 4.80. The van der Waals surface area contributed by atoms with Gasteiger partial charge in [0.15, 0.2) is 5.15 Å².